The van der Waals surface area contributed by atoms with Crippen LogP contribution < -0.4 is 4.74 Å². The topological polar surface area (TPSA) is 49.9 Å². The number of carbonyl (C=O) groups excluding carboxylic acids is 2. The molecule has 0 bridgehead atoms. The third kappa shape index (κ3) is 5.52. The van der Waals surface area contributed by atoms with E-state index in [1.807, 2.05) is 37.8 Å². The lowest BCUT2D eigenvalue weighted by molar-refractivity contribution is -0.144. The van der Waals surface area contributed by atoms with Crippen LogP contribution in [0.25, 0.3) is 0 Å². The van der Waals surface area contributed by atoms with E-state index in [0.29, 0.717) is 25.5 Å². The maximum Gasteiger partial charge on any atom is 0.242 e. The molecule has 32 heavy (non-hydrogen) atoms. The third-order valence-corrected chi connectivity index (χ3v) is 7.42. The first kappa shape index (κ1) is 24.3. The molecule has 0 saturated heterocycles. The molecule has 174 valence electrons. The highest BCUT2D eigenvalue weighted by molar-refractivity contribution is 7.10. The Balaban J connectivity index is 1.76. The molecule has 5 nitrogen and oxygen atoms in total. The molecule has 1 aromatic heterocycles. The summed E-state index contributed by atoms with van der Waals surface area (Å²) in [6, 6.07) is 10.2. The summed E-state index contributed by atoms with van der Waals surface area (Å²) in [6.07, 6.45) is 2.08. The second-order valence-electron chi connectivity index (χ2n) is 8.82. The predicted octanol–water partition coefficient (Wildman–Crippen LogP) is 5.41. The van der Waals surface area contributed by atoms with Gasteiger partial charge in [-0.3, -0.25) is 9.59 Å². The van der Waals surface area contributed by atoms with Crippen LogP contribution in [0.15, 0.2) is 35.7 Å². The summed E-state index contributed by atoms with van der Waals surface area (Å²) >= 11 is 1.74. The van der Waals surface area contributed by atoms with Crippen molar-refractivity contribution < 1.29 is 14.3 Å². The largest absolute Gasteiger partial charge is 0.491 e. The zero-order chi connectivity index (χ0) is 23.3. The molecular weight excluding hydrogens is 420 g/mol. The van der Waals surface area contributed by atoms with Crippen LogP contribution in [0.1, 0.15) is 75.4 Å². The van der Waals surface area contributed by atoms with Gasteiger partial charge in [0.15, 0.2) is 0 Å². The lowest BCUT2D eigenvalue weighted by Gasteiger charge is -2.38. The van der Waals surface area contributed by atoms with E-state index in [2.05, 4.69) is 37.4 Å². The van der Waals surface area contributed by atoms with Crippen molar-refractivity contribution in [3.63, 3.8) is 0 Å². The molecule has 2 heterocycles. The Morgan fingerprint density at radius 1 is 1.16 bits per heavy atom. The maximum atomic E-state index is 13.4. The number of hydrogen-bond donors (Lipinski definition) is 0. The minimum Gasteiger partial charge on any atom is -0.491 e. The zero-order valence-electron chi connectivity index (χ0n) is 20.0. The number of ether oxygens (including phenoxy) is 1. The molecule has 0 unspecified atom stereocenters. The van der Waals surface area contributed by atoms with Crippen LogP contribution in [0.2, 0.25) is 0 Å². The van der Waals surface area contributed by atoms with Gasteiger partial charge in [0, 0.05) is 23.9 Å². The van der Waals surface area contributed by atoms with Gasteiger partial charge in [0.25, 0.3) is 0 Å². The molecule has 0 fully saturated rings. The molecule has 6 heteroatoms. The van der Waals surface area contributed by atoms with Crippen molar-refractivity contribution in [3.8, 4) is 5.75 Å². The summed E-state index contributed by atoms with van der Waals surface area (Å²) < 4.78 is 6.16. The van der Waals surface area contributed by atoms with Crippen LogP contribution in [-0.4, -0.2) is 47.4 Å². The molecule has 2 aromatic rings. The van der Waals surface area contributed by atoms with Crippen molar-refractivity contribution >= 4 is 23.2 Å². The van der Waals surface area contributed by atoms with Gasteiger partial charge in [-0.25, -0.2) is 0 Å². The number of carbonyl (C=O) groups is 2. The van der Waals surface area contributed by atoms with Gasteiger partial charge in [-0.15, -0.1) is 11.3 Å². The highest BCUT2D eigenvalue weighted by atomic mass is 32.1. The molecule has 0 aliphatic carbocycles. The van der Waals surface area contributed by atoms with Crippen LogP contribution in [0.4, 0.5) is 0 Å². The first-order valence-corrected chi connectivity index (χ1v) is 12.6. The summed E-state index contributed by atoms with van der Waals surface area (Å²) in [7, 11) is 0. The molecule has 0 saturated carbocycles. The van der Waals surface area contributed by atoms with Gasteiger partial charge < -0.3 is 14.5 Å². The number of benzene rings is 1. The van der Waals surface area contributed by atoms with Gasteiger partial charge in [-0.1, -0.05) is 39.8 Å². The van der Waals surface area contributed by atoms with E-state index in [1.54, 1.807) is 16.2 Å². The maximum absolute atomic E-state index is 13.4. The van der Waals surface area contributed by atoms with Crippen molar-refractivity contribution in [2.24, 2.45) is 0 Å². The van der Waals surface area contributed by atoms with E-state index in [9.17, 15) is 9.59 Å². The number of nitrogens with zero attached hydrogens (tertiary/aromatic N) is 2. The van der Waals surface area contributed by atoms with E-state index in [-0.39, 0.29) is 30.4 Å². The van der Waals surface area contributed by atoms with Crippen molar-refractivity contribution in [2.45, 2.75) is 71.9 Å². The highest BCUT2D eigenvalue weighted by Gasteiger charge is 2.34. The fraction of sp³-hybridized carbons (Fsp3) is 0.538. The smallest absolute Gasteiger partial charge is 0.242 e. The lowest BCUT2D eigenvalue weighted by atomic mass is 10.00. The Hall–Kier alpha value is -2.34. The number of fused-ring (bicyclic) bond motifs is 1. The molecular formula is C26H36N2O3S. The standard InChI is InChI=1S/C26H36N2O3S/c1-6-19(5)28(25(29)7-2)16-26(30)27-14-12-24-22(13-15-32-24)23(27)17-31-21-10-8-20(9-11-21)18(3)4/h8-11,13,15,18-19,23H,6-7,12,14,16-17H2,1-5H3/t19-,23+/m1/s1. The van der Waals surface area contributed by atoms with Crippen LogP contribution in [0, 0.1) is 0 Å². The minimum atomic E-state index is -0.141. The van der Waals surface area contributed by atoms with Crippen LogP contribution in [0.5, 0.6) is 5.75 Å². The van der Waals surface area contributed by atoms with E-state index in [0.717, 1.165) is 18.6 Å². The van der Waals surface area contributed by atoms with Gasteiger partial charge in [0.05, 0.1) is 6.04 Å². The van der Waals surface area contributed by atoms with Gasteiger partial charge in [-0.05, 0) is 60.4 Å². The van der Waals surface area contributed by atoms with Crippen LogP contribution >= 0.6 is 11.3 Å². The molecule has 1 aromatic carbocycles. The first-order valence-electron chi connectivity index (χ1n) is 11.7. The molecule has 0 spiro atoms. The predicted molar refractivity (Wildman–Crippen MR) is 130 cm³/mol. The second kappa shape index (κ2) is 11.0. The average Bonchev–Trinajstić information content (AvgIpc) is 3.29. The summed E-state index contributed by atoms with van der Waals surface area (Å²) in [6.45, 7) is 11.4. The minimum absolute atomic E-state index is 0.00675. The van der Waals surface area contributed by atoms with Gasteiger partial charge in [-0.2, -0.15) is 0 Å². The Morgan fingerprint density at radius 2 is 1.88 bits per heavy atom. The molecule has 2 atom stereocenters. The third-order valence-electron chi connectivity index (χ3n) is 6.42. The van der Waals surface area contributed by atoms with Crippen molar-refractivity contribution in [1.82, 2.24) is 9.80 Å². The molecule has 3 rings (SSSR count). The lowest BCUT2D eigenvalue weighted by Crippen LogP contribution is -2.49. The summed E-state index contributed by atoms with van der Waals surface area (Å²) in [5.41, 5.74) is 2.45. The molecule has 1 aliphatic heterocycles. The van der Waals surface area contributed by atoms with Gasteiger partial charge in [0.2, 0.25) is 11.8 Å². The Morgan fingerprint density at radius 3 is 2.50 bits per heavy atom. The Kier molecular flexibility index (Phi) is 8.35. The number of hydrogen-bond acceptors (Lipinski definition) is 4. The van der Waals surface area contributed by atoms with E-state index in [4.69, 9.17) is 4.74 Å². The van der Waals surface area contributed by atoms with Crippen LogP contribution in [-0.2, 0) is 16.0 Å². The molecule has 2 amide bonds. The van der Waals surface area contributed by atoms with E-state index < -0.39 is 0 Å². The van der Waals surface area contributed by atoms with Crippen molar-refractivity contribution in [3.05, 3.63) is 51.7 Å². The average molecular weight is 457 g/mol. The Bertz CT molecular complexity index is 906. The quantitative estimate of drug-likeness (QED) is 0.507. The summed E-state index contributed by atoms with van der Waals surface area (Å²) in [5, 5.41) is 2.09. The first-order chi connectivity index (χ1) is 15.3. The van der Waals surface area contributed by atoms with E-state index in [1.165, 1.54) is 16.0 Å². The fourth-order valence-electron chi connectivity index (χ4n) is 4.15. The highest BCUT2D eigenvalue weighted by Crippen LogP contribution is 2.34. The number of rotatable bonds is 9. The normalized spacial score (nSPS) is 16.6. The fourth-order valence-corrected chi connectivity index (χ4v) is 5.08. The van der Waals surface area contributed by atoms with E-state index >= 15 is 0 Å². The van der Waals surface area contributed by atoms with Crippen molar-refractivity contribution in [1.29, 1.82) is 0 Å². The molecule has 1 aliphatic rings. The SMILES string of the molecule is CCC(=O)N(CC(=O)N1CCc2sccc2[C@@H]1COc1ccc(C(C)C)cc1)[C@H](C)CC. The van der Waals surface area contributed by atoms with Crippen LogP contribution in [0.3, 0.4) is 0 Å². The second-order valence-corrected chi connectivity index (χ2v) is 9.82. The molecule has 0 N–H and O–H groups in total. The summed E-state index contributed by atoms with van der Waals surface area (Å²) in [4.78, 5) is 30.9. The summed E-state index contributed by atoms with van der Waals surface area (Å²) in [5.74, 6) is 1.31. The zero-order valence-corrected chi connectivity index (χ0v) is 20.8. The number of amides is 2. The van der Waals surface area contributed by atoms with Crippen molar-refractivity contribution in [2.75, 3.05) is 19.7 Å². The molecule has 0 radical (unpaired) electrons. The monoisotopic (exact) mass is 456 g/mol. The van der Waals surface area contributed by atoms with Gasteiger partial charge in [0.1, 0.15) is 18.9 Å². The van der Waals surface area contributed by atoms with Gasteiger partial charge >= 0.3 is 0 Å². The number of thiophene rings is 1. The Labute approximate surface area is 196 Å².